The molecule has 0 atom stereocenters. The monoisotopic (exact) mass is 180 g/mol. The molecule has 3 N–H and O–H groups in total. The molecule has 1 aromatic carbocycles. The van der Waals surface area contributed by atoms with E-state index in [-0.39, 0.29) is 0 Å². The van der Waals surface area contributed by atoms with Gasteiger partial charge in [0, 0.05) is 18.4 Å². The lowest BCUT2D eigenvalue weighted by Gasteiger charge is -2.07. The van der Waals surface area contributed by atoms with E-state index in [4.69, 9.17) is 5.73 Å². The van der Waals surface area contributed by atoms with Crippen molar-refractivity contribution >= 4 is 11.4 Å². The minimum Gasteiger partial charge on any atom is -0.399 e. The first-order valence-corrected chi connectivity index (χ1v) is 4.84. The zero-order valence-corrected chi connectivity index (χ0v) is 9.02. The molecule has 0 aliphatic heterocycles. The number of hydrogen-bond acceptors (Lipinski definition) is 2. The van der Waals surface area contributed by atoms with Crippen LogP contribution in [0, 0.1) is 0 Å². The lowest BCUT2D eigenvalue weighted by atomic mass is 10.1. The molecule has 0 heterocycles. The predicted molar refractivity (Wildman–Crippen MR) is 61.1 cm³/mol. The maximum absolute atomic E-state index is 5.62. The topological polar surface area (TPSA) is 38.0 Å². The Morgan fingerprint density at radius 1 is 1.31 bits per heavy atom. The van der Waals surface area contributed by atoms with Crippen LogP contribution in [0.5, 0.6) is 0 Å². The zero-order chi connectivity index (χ0) is 10.3. The number of nitrogens with one attached hydrogen (secondary N) is 1. The lowest BCUT2D eigenvalue weighted by molar-refractivity contribution is 1.14. The second-order valence-electron chi connectivity index (χ2n) is 2.52. The first kappa shape index (κ1) is 11.8. The highest BCUT2D eigenvalue weighted by molar-refractivity contribution is 5.59. The van der Waals surface area contributed by atoms with Crippen molar-refractivity contribution in [1.29, 1.82) is 0 Å². The summed E-state index contributed by atoms with van der Waals surface area (Å²) in [6.07, 6.45) is 1.04. The molecular formula is C11H20N2. The van der Waals surface area contributed by atoms with Crippen molar-refractivity contribution in [2.45, 2.75) is 27.2 Å². The van der Waals surface area contributed by atoms with Crippen molar-refractivity contribution in [1.82, 2.24) is 0 Å². The molecule has 2 heteroatoms. The van der Waals surface area contributed by atoms with Crippen LogP contribution in [0.15, 0.2) is 18.2 Å². The Morgan fingerprint density at radius 2 is 1.92 bits per heavy atom. The fraction of sp³-hybridized carbons (Fsp3) is 0.455. The Hall–Kier alpha value is -1.18. The van der Waals surface area contributed by atoms with Crippen LogP contribution in [-0.2, 0) is 6.42 Å². The highest BCUT2D eigenvalue weighted by atomic mass is 14.8. The third-order valence-electron chi connectivity index (χ3n) is 1.78. The molecule has 0 aliphatic carbocycles. The van der Waals surface area contributed by atoms with E-state index in [1.807, 2.05) is 33.0 Å². The molecule has 0 saturated carbocycles. The summed E-state index contributed by atoms with van der Waals surface area (Å²) in [5.74, 6) is 0. The Morgan fingerprint density at radius 3 is 2.38 bits per heavy atom. The van der Waals surface area contributed by atoms with Crippen molar-refractivity contribution in [3.8, 4) is 0 Å². The van der Waals surface area contributed by atoms with Gasteiger partial charge in [-0.05, 0) is 24.1 Å². The number of nitrogens with two attached hydrogens (primary N) is 1. The number of nitrogen functional groups attached to an aromatic ring is 1. The van der Waals surface area contributed by atoms with E-state index in [0.717, 1.165) is 17.8 Å². The quantitative estimate of drug-likeness (QED) is 0.687. The van der Waals surface area contributed by atoms with Crippen LogP contribution in [0.3, 0.4) is 0 Å². The molecule has 2 nitrogen and oxygen atoms in total. The minimum atomic E-state index is 0.812. The standard InChI is InChI=1S/C9H14N2.C2H6/c1-3-7-4-5-8(10)6-9(7)11-2;1-2/h4-6,11H,3,10H2,1-2H3;1-2H3. The Bertz CT molecular complexity index is 244. The van der Waals surface area contributed by atoms with Gasteiger partial charge in [-0.3, -0.25) is 0 Å². The van der Waals surface area contributed by atoms with E-state index in [0.29, 0.717) is 0 Å². The number of aryl methyl sites for hydroxylation is 1. The molecule has 1 rings (SSSR count). The van der Waals surface area contributed by atoms with Gasteiger partial charge in [0.15, 0.2) is 0 Å². The molecule has 74 valence electrons. The Labute approximate surface area is 81.2 Å². The van der Waals surface area contributed by atoms with Gasteiger partial charge < -0.3 is 11.1 Å². The molecule has 0 aromatic heterocycles. The molecule has 0 radical (unpaired) electrons. The molecule has 0 amide bonds. The molecule has 0 saturated heterocycles. The number of rotatable bonds is 2. The number of benzene rings is 1. The van der Waals surface area contributed by atoms with Crippen molar-refractivity contribution in [3.63, 3.8) is 0 Å². The van der Waals surface area contributed by atoms with Gasteiger partial charge in [-0.25, -0.2) is 0 Å². The average molecular weight is 180 g/mol. The molecule has 13 heavy (non-hydrogen) atoms. The first-order valence-electron chi connectivity index (χ1n) is 4.84. The molecule has 0 spiro atoms. The van der Waals surface area contributed by atoms with Gasteiger partial charge in [0.2, 0.25) is 0 Å². The molecule has 0 fully saturated rings. The molecule has 0 aliphatic rings. The van der Waals surface area contributed by atoms with E-state index < -0.39 is 0 Å². The molecular weight excluding hydrogens is 160 g/mol. The number of hydrogen-bond donors (Lipinski definition) is 2. The van der Waals surface area contributed by atoms with Gasteiger partial charge in [0.25, 0.3) is 0 Å². The highest BCUT2D eigenvalue weighted by Gasteiger charge is 1.97. The summed E-state index contributed by atoms with van der Waals surface area (Å²) >= 11 is 0. The minimum absolute atomic E-state index is 0.812. The van der Waals surface area contributed by atoms with Crippen LogP contribution in [0.4, 0.5) is 11.4 Å². The third kappa shape index (κ3) is 3.36. The van der Waals surface area contributed by atoms with Gasteiger partial charge in [0.05, 0.1) is 0 Å². The Kier molecular flexibility index (Phi) is 5.77. The normalized spacial score (nSPS) is 8.62. The zero-order valence-electron chi connectivity index (χ0n) is 9.02. The largest absolute Gasteiger partial charge is 0.399 e. The van der Waals surface area contributed by atoms with E-state index >= 15 is 0 Å². The highest BCUT2D eigenvalue weighted by Crippen LogP contribution is 2.18. The smallest absolute Gasteiger partial charge is 0.0390 e. The fourth-order valence-corrected chi connectivity index (χ4v) is 1.14. The first-order chi connectivity index (χ1) is 6.27. The Balaban J connectivity index is 0.000000671. The van der Waals surface area contributed by atoms with E-state index in [1.165, 1.54) is 5.56 Å². The predicted octanol–water partition coefficient (Wildman–Crippen LogP) is 2.90. The van der Waals surface area contributed by atoms with Gasteiger partial charge in [-0.1, -0.05) is 26.8 Å². The van der Waals surface area contributed by atoms with Crippen LogP contribution in [0.2, 0.25) is 0 Å². The van der Waals surface area contributed by atoms with Crippen molar-refractivity contribution in [2.24, 2.45) is 0 Å². The summed E-state index contributed by atoms with van der Waals surface area (Å²) in [5.41, 5.74) is 8.87. The van der Waals surface area contributed by atoms with Crippen LogP contribution >= 0.6 is 0 Å². The van der Waals surface area contributed by atoms with Gasteiger partial charge in [-0.2, -0.15) is 0 Å². The molecule has 0 unspecified atom stereocenters. The van der Waals surface area contributed by atoms with Crippen LogP contribution in [0.1, 0.15) is 26.3 Å². The summed E-state index contributed by atoms with van der Waals surface area (Å²) in [4.78, 5) is 0. The van der Waals surface area contributed by atoms with Crippen LogP contribution < -0.4 is 11.1 Å². The summed E-state index contributed by atoms with van der Waals surface area (Å²) in [5, 5.41) is 3.11. The van der Waals surface area contributed by atoms with Gasteiger partial charge in [-0.15, -0.1) is 0 Å². The van der Waals surface area contributed by atoms with Gasteiger partial charge >= 0.3 is 0 Å². The number of anilines is 2. The van der Waals surface area contributed by atoms with E-state index in [2.05, 4.69) is 18.3 Å². The van der Waals surface area contributed by atoms with Crippen molar-refractivity contribution in [2.75, 3.05) is 18.1 Å². The second kappa shape index (κ2) is 6.35. The molecule has 0 bridgehead atoms. The maximum Gasteiger partial charge on any atom is 0.0390 e. The second-order valence-corrected chi connectivity index (χ2v) is 2.52. The van der Waals surface area contributed by atoms with Crippen LogP contribution in [0.25, 0.3) is 0 Å². The summed E-state index contributed by atoms with van der Waals surface area (Å²) < 4.78 is 0. The third-order valence-corrected chi connectivity index (χ3v) is 1.78. The van der Waals surface area contributed by atoms with Crippen molar-refractivity contribution < 1.29 is 0 Å². The van der Waals surface area contributed by atoms with Crippen LogP contribution in [-0.4, -0.2) is 7.05 Å². The van der Waals surface area contributed by atoms with E-state index in [1.54, 1.807) is 0 Å². The van der Waals surface area contributed by atoms with Crippen molar-refractivity contribution in [3.05, 3.63) is 23.8 Å². The van der Waals surface area contributed by atoms with Gasteiger partial charge in [0.1, 0.15) is 0 Å². The summed E-state index contributed by atoms with van der Waals surface area (Å²) in [7, 11) is 1.91. The van der Waals surface area contributed by atoms with E-state index in [9.17, 15) is 0 Å². The molecule has 1 aromatic rings. The SMILES string of the molecule is CC.CCc1ccc(N)cc1NC. The lowest BCUT2D eigenvalue weighted by Crippen LogP contribution is -1.95. The summed E-state index contributed by atoms with van der Waals surface area (Å²) in [6, 6.07) is 5.94. The summed E-state index contributed by atoms with van der Waals surface area (Å²) in [6.45, 7) is 6.13. The fourth-order valence-electron chi connectivity index (χ4n) is 1.14. The maximum atomic E-state index is 5.62. The average Bonchev–Trinajstić information content (AvgIpc) is 2.20.